The van der Waals surface area contributed by atoms with Gasteiger partial charge in [-0.2, -0.15) is 0 Å². The largest absolute Gasteiger partial charge is 0.380 e. The number of hydrogen-bond acceptors (Lipinski definition) is 1. The molecule has 1 N–H and O–H groups in total. The Morgan fingerprint density at radius 3 is 2.06 bits per heavy atom. The summed E-state index contributed by atoms with van der Waals surface area (Å²) in [5.41, 5.74) is -1.08. The lowest BCUT2D eigenvalue weighted by molar-refractivity contribution is 0.00126. The lowest BCUT2D eigenvalue weighted by atomic mass is 9.70. The summed E-state index contributed by atoms with van der Waals surface area (Å²) in [5, 5.41) is 14.3. The number of halogens is 3. The number of hydrogen-bond donors (Lipinski definition) is 1. The summed E-state index contributed by atoms with van der Waals surface area (Å²) >= 11 is 20.7. The Morgan fingerprint density at radius 2 is 1.48 bits per heavy atom. The number of benzene rings is 4. The minimum absolute atomic E-state index is 0.0371. The first-order valence-electron chi connectivity index (χ1n) is 13.2. The van der Waals surface area contributed by atoms with E-state index in [2.05, 4.69) is 0 Å². The molecule has 0 bridgehead atoms. The highest BCUT2D eigenvalue weighted by molar-refractivity contribution is 6.52. The number of rotatable bonds is 4. The standard InChI is InChI=1S/C29H25Cl3O/c1-18-24(20-12-6-4-7-13-20)22-16-10-11-17-23(22)26(30)25(18)28(33,21-14-8-5-9-15-21)27(3)19(2)29(27,31)32/h4-17,19,33H,1-3H3/t19-,27-,28+/m0/s1/i4D,6D,7D,12D,13D. The van der Waals surface area contributed by atoms with Gasteiger partial charge < -0.3 is 5.11 Å². The average Bonchev–Trinajstić information content (AvgIpc) is 3.32. The smallest absolute Gasteiger partial charge is 0.130 e. The van der Waals surface area contributed by atoms with E-state index >= 15 is 0 Å². The van der Waals surface area contributed by atoms with Crippen LogP contribution >= 0.6 is 34.8 Å². The van der Waals surface area contributed by atoms with Crippen LogP contribution in [0.4, 0.5) is 0 Å². The zero-order valence-corrected chi connectivity index (χ0v) is 20.6. The predicted molar refractivity (Wildman–Crippen MR) is 140 cm³/mol. The summed E-state index contributed by atoms with van der Waals surface area (Å²) in [7, 11) is 0. The molecule has 33 heavy (non-hydrogen) atoms. The van der Waals surface area contributed by atoms with E-state index in [0.717, 1.165) is 0 Å². The molecule has 1 aliphatic rings. The van der Waals surface area contributed by atoms with Crippen LogP contribution < -0.4 is 0 Å². The molecule has 0 aromatic heterocycles. The fourth-order valence-electron chi connectivity index (χ4n) is 5.32. The van der Waals surface area contributed by atoms with Crippen LogP contribution in [-0.4, -0.2) is 9.44 Å². The monoisotopic (exact) mass is 499 g/mol. The van der Waals surface area contributed by atoms with Crippen LogP contribution in [0.1, 0.15) is 37.4 Å². The molecule has 0 heterocycles. The van der Waals surface area contributed by atoms with Crippen molar-refractivity contribution in [1.82, 2.24) is 0 Å². The maximum atomic E-state index is 12.9. The molecule has 0 spiro atoms. The minimum Gasteiger partial charge on any atom is -0.380 e. The molecule has 0 unspecified atom stereocenters. The molecular formula is C29H25Cl3O. The van der Waals surface area contributed by atoms with E-state index in [-0.39, 0.29) is 28.6 Å². The van der Waals surface area contributed by atoms with Gasteiger partial charge in [-0.05, 0) is 34.6 Å². The van der Waals surface area contributed by atoms with Crippen LogP contribution in [0, 0.1) is 18.3 Å². The van der Waals surface area contributed by atoms with Gasteiger partial charge in [-0.25, -0.2) is 0 Å². The second-order valence-corrected chi connectivity index (χ2v) is 10.6. The summed E-state index contributed by atoms with van der Waals surface area (Å²) in [4.78, 5) is 0. The van der Waals surface area contributed by atoms with E-state index in [0.29, 0.717) is 33.0 Å². The van der Waals surface area contributed by atoms with Gasteiger partial charge in [0.2, 0.25) is 0 Å². The fraction of sp³-hybridized carbons (Fsp3) is 0.241. The second-order valence-electron chi connectivity index (χ2n) is 8.86. The Morgan fingerprint density at radius 1 is 0.939 bits per heavy atom. The molecule has 1 aliphatic carbocycles. The van der Waals surface area contributed by atoms with Crippen molar-refractivity contribution in [1.29, 1.82) is 0 Å². The lowest BCUT2D eigenvalue weighted by Gasteiger charge is -2.40. The molecule has 5 rings (SSSR count). The van der Waals surface area contributed by atoms with Crippen LogP contribution in [0.3, 0.4) is 0 Å². The molecule has 0 aliphatic heterocycles. The van der Waals surface area contributed by atoms with Crippen molar-refractivity contribution in [3.8, 4) is 11.1 Å². The van der Waals surface area contributed by atoms with Crippen LogP contribution in [0.25, 0.3) is 21.9 Å². The summed E-state index contributed by atoms with van der Waals surface area (Å²) in [5.74, 6) is -0.324. The predicted octanol–water partition coefficient (Wildman–Crippen LogP) is 8.53. The third kappa shape index (κ3) is 2.96. The number of fused-ring (bicyclic) bond motifs is 1. The van der Waals surface area contributed by atoms with Crippen LogP contribution in [0.2, 0.25) is 5.02 Å². The second kappa shape index (κ2) is 7.75. The molecule has 0 radical (unpaired) electrons. The van der Waals surface area contributed by atoms with Crippen molar-refractivity contribution in [2.24, 2.45) is 11.3 Å². The molecule has 4 heteroatoms. The maximum Gasteiger partial charge on any atom is 0.130 e. The Hall–Kier alpha value is -2.03. The molecule has 4 aromatic carbocycles. The first kappa shape index (κ1) is 17.4. The van der Waals surface area contributed by atoms with Gasteiger partial charge in [0.05, 0.1) is 11.9 Å². The number of aliphatic hydroxyl groups is 1. The lowest BCUT2D eigenvalue weighted by Crippen LogP contribution is -2.41. The van der Waals surface area contributed by atoms with Gasteiger partial charge >= 0.3 is 0 Å². The number of alkyl halides is 2. The van der Waals surface area contributed by atoms with E-state index in [1.165, 1.54) is 0 Å². The van der Waals surface area contributed by atoms with Crippen LogP contribution in [0.5, 0.6) is 0 Å². The van der Waals surface area contributed by atoms with Crippen molar-refractivity contribution >= 4 is 45.6 Å². The first-order chi connectivity index (χ1) is 17.7. The van der Waals surface area contributed by atoms with Gasteiger partial charge in [-0.15, -0.1) is 23.2 Å². The van der Waals surface area contributed by atoms with Gasteiger partial charge in [0.15, 0.2) is 0 Å². The topological polar surface area (TPSA) is 20.2 Å². The Bertz CT molecular complexity index is 1600. The molecule has 0 amide bonds. The van der Waals surface area contributed by atoms with E-state index in [4.69, 9.17) is 41.7 Å². The van der Waals surface area contributed by atoms with Crippen molar-refractivity contribution in [3.63, 3.8) is 0 Å². The van der Waals surface area contributed by atoms with E-state index in [1.54, 1.807) is 43.3 Å². The third-order valence-electron chi connectivity index (χ3n) is 7.48. The molecule has 0 saturated heterocycles. The molecular weight excluding hydrogens is 471 g/mol. The first-order valence-corrected chi connectivity index (χ1v) is 11.8. The van der Waals surface area contributed by atoms with Crippen LogP contribution in [0.15, 0.2) is 84.8 Å². The average molecular weight is 501 g/mol. The van der Waals surface area contributed by atoms with Gasteiger partial charge in [-0.3, -0.25) is 0 Å². The summed E-state index contributed by atoms with van der Waals surface area (Å²) < 4.78 is 40.8. The molecule has 3 atom stereocenters. The van der Waals surface area contributed by atoms with E-state index in [1.807, 2.05) is 32.0 Å². The highest BCUT2D eigenvalue weighted by atomic mass is 35.5. The summed E-state index contributed by atoms with van der Waals surface area (Å²) in [6.45, 7) is 5.44. The summed E-state index contributed by atoms with van der Waals surface area (Å²) in [6, 6.07) is 14.2. The normalized spacial score (nSPS) is 25.4. The quantitative estimate of drug-likeness (QED) is 0.278. The molecule has 1 nitrogen and oxygen atoms in total. The van der Waals surface area contributed by atoms with E-state index in [9.17, 15) is 5.11 Å². The Balaban J connectivity index is 2.01. The van der Waals surface area contributed by atoms with Crippen molar-refractivity contribution in [2.45, 2.75) is 30.7 Å². The van der Waals surface area contributed by atoms with Gasteiger partial charge in [0, 0.05) is 22.3 Å². The van der Waals surface area contributed by atoms with E-state index < -0.39 is 33.5 Å². The SMILES string of the molecule is [2H]c1c([2H])c([2H])c(-c2c(C)c([C@](O)(c3ccccc3)[C@]3(C)[C@H](C)C3(Cl)Cl)c(Cl)c3ccccc23)c([2H])c1[2H]. The highest BCUT2D eigenvalue weighted by Crippen LogP contribution is 2.77. The van der Waals surface area contributed by atoms with Gasteiger partial charge in [0.25, 0.3) is 0 Å². The van der Waals surface area contributed by atoms with Crippen molar-refractivity contribution in [2.75, 3.05) is 0 Å². The Labute approximate surface area is 217 Å². The minimum atomic E-state index is -1.79. The fourth-order valence-corrected chi connectivity index (χ4v) is 6.69. The zero-order chi connectivity index (χ0) is 27.9. The Kier molecular flexibility index (Phi) is 4.09. The molecule has 1 saturated carbocycles. The van der Waals surface area contributed by atoms with Gasteiger partial charge in [0.1, 0.15) is 9.93 Å². The van der Waals surface area contributed by atoms with Crippen molar-refractivity contribution in [3.05, 3.63) is 107 Å². The molecule has 1 fully saturated rings. The summed E-state index contributed by atoms with van der Waals surface area (Å²) in [6.07, 6.45) is 0. The molecule has 168 valence electrons. The van der Waals surface area contributed by atoms with Gasteiger partial charge in [-0.1, -0.05) is 110 Å². The zero-order valence-electron chi connectivity index (χ0n) is 23.4. The maximum absolute atomic E-state index is 12.9. The molecule has 4 aromatic rings. The van der Waals surface area contributed by atoms with Crippen LogP contribution in [-0.2, 0) is 5.60 Å². The highest BCUT2D eigenvalue weighted by Gasteiger charge is 2.79. The van der Waals surface area contributed by atoms with Crippen molar-refractivity contribution < 1.29 is 12.0 Å². The third-order valence-corrected chi connectivity index (χ3v) is 9.31.